The monoisotopic (exact) mass is 419 g/mol. The highest BCUT2D eigenvalue weighted by molar-refractivity contribution is 5.95. The molecule has 4 aromatic rings. The van der Waals surface area contributed by atoms with E-state index in [9.17, 15) is 0 Å². The molecule has 0 spiro atoms. The number of aromatic amines is 1. The molecule has 3 aromatic carbocycles. The van der Waals surface area contributed by atoms with Gasteiger partial charge in [-0.25, -0.2) is 0 Å². The molecular weight excluding hydrogens is 390 g/mol. The van der Waals surface area contributed by atoms with Crippen LogP contribution in [0.15, 0.2) is 96.1 Å². The summed E-state index contributed by atoms with van der Waals surface area (Å²) in [6, 6.07) is 31.0. The van der Waals surface area contributed by atoms with Gasteiger partial charge in [0.15, 0.2) is 0 Å². The summed E-state index contributed by atoms with van der Waals surface area (Å²) < 4.78 is 0. The Balaban J connectivity index is 1.42. The third-order valence-corrected chi connectivity index (χ3v) is 7.38. The number of rotatable bonds is 5. The van der Waals surface area contributed by atoms with Gasteiger partial charge < -0.3 is 4.98 Å². The van der Waals surface area contributed by atoms with E-state index in [4.69, 9.17) is 4.99 Å². The molecule has 4 heterocycles. The van der Waals surface area contributed by atoms with Crippen molar-refractivity contribution in [1.82, 2.24) is 9.88 Å². The van der Waals surface area contributed by atoms with Crippen LogP contribution in [-0.4, -0.2) is 34.7 Å². The van der Waals surface area contributed by atoms with Crippen LogP contribution in [0.4, 0.5) is 0 Å². The standard InChI is InChI=1S/C29H29N3/c1-3-9-21(10-4-1)27(22-11-5-2-6-12-22)29-28(23-15-17-32(29)18-16-23)31-20-24-19-30-26-14-8-7-13-25(24)26/h1-14,19,23,27,29-30H,15-18,20H2. The Morgan fingerprint density at radius 3 is 2.12 bits per heavy atom. The highest BCUT2D eigenvalue weighted by Gasteiger charge is 2.43. The molecule has 3 fully saturated rings. The second-order valence-corrected chi connectivity index (χ2v) is 9.15. The summed E-state index contributed by atoms with van der Waals surface area (Å²) >= 11 is 0. The van der Waals surface area contributed by atoms with Crippen LogP contribution in [-0.2, 0) is 6.54 Å². The Morgan fingerprint density at radius 2 is 1.44 bits per heavy atom. The lowest BCUT2D eigenvalue weighted by molar-refractivity contribution is 0.135. The summed E-state index contributed by atoms with van der Waals surface area (Å²) in [5.41, 5.74) is 6.66. The summed E-state index contributed by atoms with van der Waals surface area (Å²) in [7, 11) is 0. The third kappa shape index (κ3) is 3.47. The van der Waals surface area contributed by atoms with Crippen molar-refractivity contribution in [2.75, 3.05) is 13.1 Å². The molecule has 3 aliphatic rings. The summed E-state index contributed by atoms with van der Waals surface area (Å²) in [6.45, 7) is 3.10. The van der Waals surface area contributed by atoms with Gasteiger partial charge in [0, 0.05) is 34.6 Å². The molecule has 32 heavy (non-hydrogen) atoms. The fraction of sp³-hybridized carbons (Fsp3) is 0.276. The van der Waals surface area contributed by atoms with Crippen LogP contribution in [0.2, 0.25) is 0 Å². The van der Waals surface area contributed by atoms with Gasteiger partial charge in [0.25, 0.3) is 0 Å². The number of piperidine rings is 3. The molecule has 1 aromatic heterocycles. The van der Waals surface area contributed by atoms with E-state index in [0.717, 1.165) is 6.54 Å². The minimum Gasteiger partial charge on any atom is -0.361 e. The second-order valence-electron chi connectivity index (χ2n) is 9.15. The van der Waals surface area contributed by atoms with Crippen LogP contribution in [0.3, 0.4) is 0 Å². The van der Waals surface area contributed by atoms with Crippen molar-refractivity contribution in [3.05, 3.63) is 108 Å². The molecule has 3 saturated heterocycles. The van der Waals surface area contributed by atoms with Crippen molar-refractivity contribution < 1.29 is 0 Å². The van der Waals surface area contributed by atoms with Crippen LogP contribution < -0.4 is 0 Å². The van der Waals surface area contributed by atoms with Crippen LogP contribution in [0.1, 0.15) is 35.4 Å². The maximum atomic E-state index is 5.37. The maximum Gasteiger partial charge on any atom is 0.0660 e. The number of nitrogens with zero attached hydrogens (tertiary/aromatic N) is 2. The van der Waals surface area contributed by atoms with E-state index in [2.05, 4.69) is 101 Å². The maximum absolute atomic E-state index is 5.37. The summed E-state index contributed by atoms with van der Waals surface area (Å²) in [4.78, 5) is 11.5. The lowest BCUT2D eigenvalue weighted by Gasteiger charge is -2.49. The molecule has 3 aliphatic heterocycles. The number of benzene rings is 3. The van der Waals surface area contributed by atoms with Gasteiger partial charge in [-0.05, 0) is 48.7 Å². The number of para-hydroxylation sites is 1. The zero-order valence-electron chi connectivity index (χ0n) is 18.3. The summed E-state index contributed by atoms with van der Waals surface area (Å²) in [5, 5.41) is 1.29. The van der Waals surface area contributed by atoms with Gasteiger partial charge in [0.05, 0.1) is 12.6 Å². The first-order valence-corrected chi connectivity index (χ1v) is 11.8. The number of nitrogens with one attached hydrogen (secondary N) is 1. The Kier molecular flexibility index (Phi) is 5.12. The molecule has 0 aliphatic carbocycles. The largest absolute Gasteiger partial charge is 0.361 e. The first-order valence-electron chi connectivity index (χ1n) is 11.8. The van der Waals surface area contributed by atoms with E-state index >= 15 is 0 Å². The molecule has 2 bridgehead atoms. The van der Waals surface area contributed by atoms with Crippen LogP contribution in [0.25, 0.3) is 10.9 Å². The Bertz CT molecular complexity index is 1180. The fourth-order valence-electron chi connectivity index (χ4n) is 5.82. The highest BCUT2D eigenvalue weighted by Crippen LogP contribution is 2.40. The summed E-state index contributed by atoms with van der Waals surface area (Å²) in [6.07, 6.45) is 4.61. The first kappa shape index (κ1) is 19.5. The van der Waals surface area contributed by atoms with E-state index in [-0.39, 0.29) is 0 Å². The molecule has 1 N–H and O–H groups in total. The molecule has 3 heteroatoms. The number of aromatic nitrogens is 1. The van der Waals surface area contributed by atoms with Gasteiger partial charge in [-0.3, -0.25) is 9.89 Å². The molecule has 160 valence electrons. The van der Waals surface area contributed by atoms with E-state index in [1.807, 2.05) is 0 Å². The predicted octanol–water partition coefficient (Wildman–Crippen LogP) is 6.04. The van der Waals surface area contributed by atoms with Gasteiger partial charge in [0.1, 0.15) is 0 Å². The topological polar surface area (TPSA) is 31.4 Å². The van der Waals surface area contributed by atoms with Crippen LogP contribution in [0, 0.1) is 5.92 Å². The van der Waals surface area contributed by atoms with Gasteiger partial charge in [-0.2, -0.15) is 0 Å². The van der Waals surface area contributed by atoms with Gasteiger partial charge in [-0.1, -0.05) is 78.9 Å². The van der Waals surface area contributed by atoms with Crippen molar-refractivity contribution in [1.29, 1.82) is 0 Å². The molecule has 0 radical (unpaired) electrons. The number of H-pyrrole nitrogens is 1. The Labute approximate surface area is 189 Å². The van der Waals surface area contributed by atoms with Gasteiger partial charge >= 0.3 is 0 Å². The molecule has 1 unspecified atom stereocenters. The van der Waals surface area contributed by atoms with Crippen molar-refractivity contribution in [3.8, 4) is 0 Å². The Hall–Kier alpha value is -3.17. The molecular formula is C29H29N3. The number of hydrogen-bond donors (Lipinski definition) is 1. The smallest absolute Gasteiger partial charge is 0.0660 e. The van der Waals surface area contributed by atoms with Gasteiger partial charge in [0.2, 0.25) is 0 Å². The quantitative estimate of drug-likeness (QED) is 0.420. The van der Waals surface area contributed by atoms with E-state index in [0.29, 0.717) is 17.9 Å². The highest BCUT2D eigenvalue weighted by atomic mass is 15.2. The van der Waals surface area contributed by atoms with Crippen LogP contribution >= 0.6 is 0 Å². The number of aliphatic imine (C=N–C) groups is 1. The zero-order valence-corrected chi connectivity index (χ0v) is 18.3. The van der Waals surface area contributed by atoms with E-state index in [1.165, 1.54) is 59.2 Å². The average molecular weight is 420 g/mol. The SMILES string of the molecule is c1ccc(C(c2ccccc2)C2C(=NCc3c[nH]c4ccccc34)C3CCN2CC3)cc1. The summed E-state index contributed by atoms with van der Waals surface area (Å²) in [5.74, 6) is 0.910. The molecule has 7 rings (SSSR count). The normalized spacial score (nSPS) is 23.9. The molecule has 1 atom stereocenters. The fourth-order valence-corrected chi connectivity index (χ4v) is 5.82. The molecule has 0 amide bonds. The number of fused-ring (bicyclic) bond motifs is 4. The first-order chi connectivity index (χ1) is 15.9. The Morgan fingerprint density at radius 1 is 0.812 bits per heavy atom. The van der Waals surface area contributed by atoms with Gasteiger partial charge in [-0.15, -0.1) is 0 Å². The molecule has 3 nitrogen and oxygen atoms in total. The average Bonchev–Trinajstić information content (AvgIpc) is 3.28. The second kappa shape index (κ2) is 8.40. The number of hydrogen-bond acceptors (Lipinski definition) is 2. The van der Waals surface area contributed by atoms with E-state index < -0.39 is 0 Å². The van der Waals surface area contributed by atoms with Crippen molar-refractivity contribution >= 4 is 16.6 Å². The van der Waals surface area contributed by atoms with E-state index in [1.54, 1.807) is 0 Å². The minimum atomic E-state index is 0.308. The zero-order chi connectivity index (χ0) is 21.3. The molecule has 0 saturated carbocycles. The minimum absolute atomic E-state index is 0.308. The third-order valence-electron chi connectivity index (χ3n) is 7.38. The predicted molar refractivity (Wildman–Crippen MR) is 132 cm³/mol. The van der Waals surface area contributed by atoms with Crippen molar-refractivity contribution in [2.24, 2.45) is 10.9 Å². The van der Waals surface area contributed by atoms with Crippen molar-refractivity contribution in [2.45, 2.75) is 31.3 Å². The van der Waals surface area contributed by atoms with Crippen LogP contribution in [0.5, 0.6) is 0 Å². The lowest BCUT2D eigenvalue weighted by Crippen LogP contribution is -2.58. The van der Waals surface area contributed by atoms with Crippen molar-refractivity contribution in [3.63, 3.8) is 0 Å². The lowest BCUT2D eigenvalue weighted by atomic mass is 9.72.